The van der Waals surface area contributed by atoms with Crippen LogP contribution in [0.2, 0.25) is 0 Å². The molecule has 1 atom stereocenters. The summed E-state index contributed by atoms with van der Waals surface area (Å²) >= 11 is 0. The highest BCUT2D eigenvalue weighted by Crippen LogP contribution is 2.37. The van der Waals surface area contributed by atoms with E-state index in [0.717, 1.165) is 35.7 Å². The molecule has 0 radical (unpaired) electrons. The van der Waals surface area contributed by atoms with E-state index in [-0.39, 0.29) is 24.4 Å². The van der Waals surface area contributed by atoms with Crippen LogP contribution >= 0.6 is 0 Å². The Bertz CT molecular complexity index is 1100. The number of hydrogen-bond donors (Lipinski definition) is 0. The predicted octanol–water partition coefficient (Wildman–Crippen LogP) is 2.95. The van der Waals surface area contributed by atoms with Gasteiger partial charge in [0.25, 0.3) is 5.91 Å². The van der Waals surface area contributed by atoms with E-state index in [9.17, 15) is 9.59 Å². The number of ether oxygens (including phenoxy) is 3. The van der Waals surface area contributed by atoms with Gasteiger partial charge < -0.3 is 19.1 Å². The Morgan fingerprint density at radius 1 is 1.05 bits per heavy atom. The molecule has 0 aliphatic carbocycles. The van der Waals surface area contributed by atoms with Gasteiger partial charge in [0.05, 0.1) is 39.2 Å². The van der Waals surface area contributed by atoms with Crippen molar-refractivity contribution in [1.82, 2.24) is 14.8 Å². The van der Waals surface area contributed by atoms with Crippen LogP contribution in [0.5, 0.6) is 11.5 Å². The summed E-state index contributed by atoms with van der Waals surface area (Å²) in [5.41, 5.74) is 2.60. The summed E-state index contributed by atoms with van der Waals surface area (Å²) in [7, 11) is 3.25. The fourth-order valence-corrected chi connectivity index (χ4v) is 4.72. The first-order valence-electron chi connectivity index (χ1n) is 12.8. The lowest BCUT2D eigenvalue weighted by atomic mass is 9.97. The van der Waals surface area contributed by atoms with E-state index in [1.54, 1.807) is 19.1 Å². The highest BCUT2D eigenvalue weighted by Gasteiger charge is 2.35. The number of morpholine rings is 1. The molecule has 37 heavy (non-hydrogen) atoms. The molecular weight excluding hydrogens is 472 g/mol. The molecule has 0 N–H and O–H groups in total. The first-order chi connectivity index (χ1) is 18.0. The van der Waals surface area contributed by atoms with Crippen molar-refractivity contribution in [2.45, 2.75) is 25.8 Å². The molecule has 2 aliphatic rings. The number of amides is 2. The molecular formula is C28H36N4O5. The second-order valence-corrected chi connectivity index (χ2v) is 9.10. The average molecular weight is 509 g/mol. The van der Waals surface area contributed by atoms with Crippen molar-refractivity contribution >= 4 is 17.5 Å². The Hall–Kier alpha value is -3.43. The molecule has 2 amide bonds. The molecule has 9 nitrogen and oxygen atoms in total. The van der Waals surface area contributed by atoms with Gasteiger partial charge in [0, 0.05) is 44.6 Å². The quantitative estimate of drug-likeness (QED) is 0.491. The molecule has 198 valence electrons. The van der Waals surface area contributed by atoms with E-state index in [1.807, 2.05) is 55.5 Å². The largest absolute Gasteiger partial charge is 0.497 e. The van der Waals surface area contributed by atoms with Crippen LogP contribution in [-0.2, 0) is 14.3 Å². The van der Waals surface area contributed by atoms with Crippen LogP contribution in [0.25, 0.3) is 0 Å². The van der Waals surface area contributed by atoms with Crippen molar-refractivity contribution in [2.75, 3.05) is 60.2 Å². The van der Waals surface area contributed by atoms with Crippen LogP contribution < -0.4 is 9.47 Å². The van der Waals surface area contributed by atoms with E-state index in [1.165, 1.54) is 5.01 Å². The summed E-state index contributed by atoms with van der Waals surface area (Å²) in [4.78, 5) is 30.4. The zero-order valence-electron chi connectivity index (χ0n) is 21.9. The molecule has 2 heterocycles. The van der Waals surface area contributed by atoms with Crippen molar-refractivity contribution in [1.29, 1.82) is 0 Å². The highest BCUT2D eigenvalue weighted by atomic mass is 16.5. The topological polar surface area (TPSA) is 83.9 Å². The number of rotatable bonds is 10. The molecule has 1 fully saturated rings. The lowest BCUT2D eigenvalue weighted by Gasteiger charge is -2.31. The number of methoxy groups -OCH3 is 2. The average Bonchev–Trinajstić information content (AvgIpc) is 3.41. The monoisotopic (exact) mass is 508 g/mol. The summed E-state index contributed by atoms with van der Waals surface area (Å²) in [5.74, 6) is 1.19. The number of nitrogens with zero attached hydrogens (tertiary/aromatic N) is 4. The van der Waals surface area contributed by atoms with Crippen LogP contribution in [-0.4, -0.2) is 92.5 Å². The maximum atomic E-state index is 13.7. The number of hydrazone groups is 1. The first kappa shape index (κ1) is 26.6. The molecule has 0 saturated carbocycles. The zero-order chi connectivity index (χ0) is 26.2. The Kier molecular flexibility index (Phi) is 9.14. The second-order valence-electron chi connectivity index (χ2n) is 9.10. The zero-order valence-corrected chi connectivity index (χ0v) is 21.9. The van der Waals surface area contributed by atoms with Crippen LogP contribution in [0, 0.1) is 0 Å². The van der Waals surface area contributed by atoms with Gasteiger partial charge in [0.15, 0.2) is 0 Å². The maximum Gasteiger partial charge on any atom is 0.262 e. The summed E-state index contributed by atoms with van der Waals surface area (Å²) in [5, 5.41) is 6.30. The number of carbonyl (C=O) groups excluding carboxylic acids is 2. The SMILES string of the molecule is CCC(=O)N(CCN1CCOCC1)CC(=O)N1N=C(c2ccc(OC)cc2)C[C@H]1c1ccccc1OC. The molecule has 9 heteroatoms. The van der Waals surface area contributed by atoms with Crippen LogP contribution in [0.3, 0.4) is 0 Å². The van der Waals surface area contributed by atoms with Gasteiger partial charge in [0.1, 0.15) is 18.0 Å². The van der Waals surface area contributed by atoms with E-state index in [2.05, 4.69) is 4.90 Å². The third kappa shape index (κ3) is 6.47. The molecule has 0 unspecified atom stereocenters. The highest BCUT2D eigenvalue weighted by molar-refractivity contribution is 6.03. The van der Waals surface area contributed by atoms with Crippen molar-refractivity contribution in [2.24, 2.45) is 5.10 Å². The Labute approximate surface area is 218 Å². The fourth-order valence-electron chi connectivity index (χ4n) is 4.72. The van der Waals surface area contributed by atoms with Crippen LogP contribution in [0.15, 0.2) is 53.6 Å². The van der Waals surface area contributed by atoms with E-state index < -0.39 is 0 Å². The third-order valence-electron chi connectivity index (χ3n) is 6.86. The summed E-state index contributed by atoms with van der Waals surface area (Å²) < 4.78 is 16.3. The van der Waals surface area contributed by atoms with Crippen molar-refractivity contribution in [3.63, 3.8) is 0 Å². The third-order valence-corrected chi connectivity index (χ3v) is 6.86. The van der Waals surface area contributed by atoms with Crippen LogP contribution in [0.4, 0.5) is 0 Å². The smallest absolute Gasteiger partial charge is 0.262 e. The second kappa shape index (κ2) is 12.7. The molecule has 1 saturated heterocycles. The summed E-state index contributed by atoms with van der Waals surface area (Å²) in [6.45, 7) is 6.04. The lowest BCUT2D eigenvalue weighted by molar-refractivity contribution is -0.141. The minimum Gasteiger partial charge on any atom is -0.497 e. The van der Waals surface area contributed by atoms with Gasteiger partial charge in [-0.3, -0.25) is 14.5 Å². The Morgan fingerprint density at radius 3 is 2.46 bits per heavy atom. The minimum atomic E-state index is -0.335. The van der Waals surface area contributed by atoms with Gasteiger partial charge in [-0.15, -0.1) is 0 Å². The normalized spacial score (nSPS) is 17.9. The number of hydrogen-bond acceptors (Lipinski definition) is 7. The Balaban J connectivity index is 1.57. The summed E-state index contributed by atoms with van der Waals surface area (Å²) in [6.07, 6.45) is 0.876. The maximum absolute atomic E-state index is 13.7. The standard InChI is InChI=1S/C28H36N4O5/c1-4-27(33)31(14-13-30-15-17-37-18-16-30)20-28(34)32-25(23-7-5-6-8-26(23)36-3)19-24(29-32)21-9-11-22(35-2)12-10-21/h5-12,25H,4,13-20H2,1-3H3/t25-/m0/s1. The number of carbonyl (C=O) groups is 2. The molecule has 2 aromatic carbocycles. The molecule has 4 rings (SSSR count). The Morgan fingerprint density at radius 2 is 1.78 bits per heavy atom. The lowest BCUT2D eigenvalue weighted by Crippen LogP contribution is -2.46. The van der Waals surface area contributed by atoms with Crippen molar-refractivity contribution in [3.05, 3.63) is 59.7 Å². The molecule has 0 spiro atoms. The van der Waals surface area contributed by atoms with Gasteiger partial charge in [-0.25, -0.2) is 5.01 Å². The molecule has 2 aliphatic heterocycles. The van der Waals surface area contributed by atoms with Gasteiger partial charge in [-0.2, -0.15) is 5.10 Å². The number of para-hydroxylation sites is 1. The van der Waals surface area contributed by atoms with Crippen molar-refractivity contribution < 1.29 is 23.8 Å². The summed E-state index contributed by atoms with van der Waals surface area (Å²) in [6, 6.07) is 15.0. The van der Waals surface area contributed by atoms with E-state index in [4.69, 9.17) is 19.3 Å². The first-order valence-corrected chi connectivity index (χ1v) is 12.8. The van der Waals surface area contributed by atoms with Gasteiger partial charge in [-0.05, 0) is 35.9 Å². The van der Waals surface area contributed by atoms with Crippen LogP contribution in [0.1, 0.15) is 36.9 Å². The van der Waals surface area contributed by atoms with Gasteiger partial charge in [0.2, 0.25) is 5.91 Å². The predicted molar refractivity (Wildman–Crippen MR) is 141 cm³/mol. The molecule has 0 bridgehead atoms. The molecule has 0 aromatic heterocycles. The van der Waals surface area contributed by atoms with Crippen molar-refractivity contribution in [3.8, 4) is 11.5 Å². The number of benzene rings is 2. The molecule has 2 aromatic rings. The van der Waals surface area contributed by atoms with E-state index >= 15 is 0 Å². The fraction of sp³-hybridized carbons (Fsp3) is 0.464. The minimum absolute atomic E-state index is 0.0257. The van der Waals surface area contributed by atoms with E-state index in [0.29, 0.717) is 44.9 Å². The van der Waals surface area contributed by atoms with Gasteiger partial charge >= 0.3 is 0 Å². The van der Waals surface area contributed by atoms with Gasteiger partial charge in [-0.1, -0.05) is 25.1 Å².